The van der Waals surface area contributed by atoms with Gasteiger partial charge >= 0.3 is 0 Å². The topological polar surface area (TPSA) is 59.9 Å². The number of nitrogens with zero attached hydrogens (tertiary/aromatic N) is 1. The van der Waals surface area contributed by atoms with Crippen LogP contribution >= 0.6 is 0 Å². The second-order valence-electron chi connectivity index (χ2n) is 6.17. The molecular formula is C19H28N2O3. The first-order chi connectivity index (χ1) is 11.7. The summed E-state index contributed by atoms with van der Waals surface area (Å²) in [7, 11) is 0. The Kier molecular flexibility index (Phi) is 7.59. The van der Waals surface area contributed by atoms with Crippen LogP contribution < -0.4 is 14.9 Å². The van der Waals surface area contributed by atoms with Gasteiger partial charge in [-0.2, -0.15) is 5.10 Å². The van der Waals surface area contributed by atoms with Gasteiger partial charge in [-0.1, -0.05) is 45.4 Å². The lowest BCUT2D eigenvalue weighted by molar-refractivity contribution is -0.121. The molecule has 1 aliphatic rings. The van der Waals surface area contributed by atoms with Gasteiger partial charge in [-0.05, 0) is 31.5 Å². The Morgan fingerprint density at radius 2 is 1.79 bits per heavy atom. The van der Waals surface area contributed by atoms with Gasteiger partial charge in [0.05, 0.1) is 5.71 Å². The van der Waals surface area contributed by atoms with Crippen molar-refractivity contribution in [3.05, 3.63) is 23.8 Å². The average Bonchev–Trinajstić information content (AvgIpc) is 3.06. The van der Waals surface area contributed by atoms with Gasteiger partial charge in [-0.3, -0.25) is 4.79 Å². The molecule has 0 aromatic heterocycles. The van der Waals surface area contributed by atoms with E-state index in [0.717, 1.165) is 35.6 Å². The second-order valence-corrected chi connectivity index (χ2v) is 6.17. The van der Waals surface area contributed by atoms with Gasteiger partial charge in [0, 0.05) is 12.0 Å². The molecule has 0 fully saturated rings. The molecule has 0 spiro atoms. The third kappa shape index (κ3) is 5.87. The summed E-state index contributed by atoms with van der Waals surface area (Å²) in [4.78, 5) is 11.8. The summed E-state index contributed by atoms with van der Waals surface area (Å²) >= 11 is 0. The summed E-state index contributed by atoms with van der Waals surface area (Å²) in [6.45, 7) is 4.34. The van der Waals surface area contributed by atoms with Crippen molar-refractivity contribution in [2.24, 2.45) is 5.10 Å². The molecule has 0 bridgehead atoms. The van der Waals surface area contributed by atoms with E-state index in [0.29, 0.717) is 6.42 Å². The van der Waals surface area contributed by atoms with Crippen LogP contribution in [0.4, 0.5) is 0 Å². The van der Waals surface area contributed by atoms with Crippen LogP contribution in [0.15, 0.2) is 23.3 Å². The van der Waals surface area contributed by atoms with E-state index in [1.165, 1.54) is 32.1 Å². The first-order valence-electron chi connectivity index (χ1n) is 8.94. The van der Waals surface area contributed by atoms with Gasteiger partial charge in [0.1, 0.15) is 0 Å². The van der Waals surface area contributed by atoms with E-state index in [2.05, 4.69) is 17.5 Å². The first kappa shape index (κ1) is 18.3. The Morgan fingerprint density at radius 3 is 2.58 bits per heavy atom. The van der Waals surface area contributed by atoms with Crippen LogP contribution in [-0.4, -0.2) is 18.4 Å². The summed E-state index contributed by atoms with van der Waals surface area (Å²) in [5, 5.41) is 4.18. The van der Waals surface area contributed by atoms with Crippen LogP contribution in [0.1, 0.15) is 70.8 Å². The van der Waals surface area contributed by atoms with Crippen molar-refractivity contribution in [2.75, 3.05) is 6.79 Å². The normalized spacial score (nSPS) is 13.2. The average molecular weight is 332 g/mol. The Bertz CT molecular complexity index is 570. The number of hydrogen-bond donors (Lipinski definition) is 1. The van der Waals surface area contributed by atoms with Crippen molar-refractivity contribution in [1.82, 2.24) is 5.43 Å². The van der Waals surface area contributed by atoms with E-state index in [-0.39, 0.29) is 12.7 Å². The third-order valence-corrected chi connectivity index (χ3v) is 4.15. The standard InChI is InChI=1S/C19H28N2O3/c1-3-4-5-6-7-8-9-10-19(22)21-20-15(2)16-11-12-17-18(13-16)24-14-23-17/h11-13H,3-10,14H2,1-2H3,(H,21,22)/b20-15+. The predicted molar refractivity (Wildman–Crippen MR) is 95.5 cm³/mol. The van der Waals surface area contributed by atoms with Crippen LogP contribution in [0.25, 0.3) is 0 Å². The highest BCUT2D eigenvalue weighted by atomic mass is 16.7. The van der Waals surface area contributed by atoms with E-state index in [4.69, 9.17) is 9.47 Å². The number of ether oxygens (including phenoxy) is 2. The Hall–Kier alpha value is -2.04. The highest BCUT2D eigenvalue weighted by molar-refractivity contribution is 5.99. The van der Waals surface area contributed by atoms with Crippen molar-refractivity contribution >= 4 is 11.6 Å². The molecule has 5 heteroatoms. The first-order valence-corrected chi connectivity index (χ1v) is 8.94. The number of fused-ring (bicyclic) bond motifs is 1. The number of carbonyl (C=O) groups is 1. The van der Waals surface area contributed by atoms with Crippen molar-refractivity contribution in [2.45, 2.75) is 65.2 Å². The van der Waals surface area contributed by atoms with E-state index < -0.39 is 0 Å². The number of rotatable bonds is 10. The minimum Gasteiger partial charge on any atom is -0.454 e. The highest BCUT2D eigenvalue weighted by Crippen LogP contribution is 2.32. The quantitative estimate of drug-likeness (QED) is 0.392. The molecule has 0 atom stereocenters. The molecule has 1 aliphatic heterocycles. The maximum absolute atomic E-state index is 11.8. The van der Waals surface area contributed by atoms with Gasteiger partial charge in [-0.15, -0.1) is 0 Å². The summed E-state index contributed by atoms with van der Waals surface area (Å²) in [5.74, 6) is 1.44. The van der Waals surface area contributed by atoms with E-state index in [1.807, 2.05) is 25.1 Å². The number of carbonyl (C=O) groups excluding carboxylic acids is 1. The SMILES string of the molecule is CCCCCCCCCC(=O)N/N=C(\C)c1ccc2c(c1)OCO2. The molecule has 132 valence electrons. The van der Waals surface area contributed by atoms with Crippen LogP contribution in [0.5, 0.6) is 11.5 Å². The van der Waals surface area contributed by atoms with Crippen LogP contribution in [0, 0.1) is 0 Å². The largest absolute Gasteiger partial charge is 0.454 e. The summed E-state index contributed by atoms with van der Waals surface area (Å²) < 4.78 is 10.6. The fraction of sp³-hybridized carbons (Fsp3) is 0.579. The highest BCUT2D eigenvalue weighted by Gasteiger charge is 2.14. The summed E-state index contributed by atoms with van der Waals surface area (Å²) in [6, 6.07) is 5.65. The zero-order chi connectivity index (χ0) is 17.2. The zero-order valence-corrected chi connectivity index (χ0v) is 14.8. The van der Waals surface area contributed by atoms with Gasteiger partial charge in [0.15, 0.2) is 11.5 Å². The van der Waals surface area contributed by atoms with Gasteiger partial charge in [0.2, 0.25) is 12.7 Å². The fourth-order valence-electron chi connectivity index (χ4n) is 2.63. The van der Waals surface area contributed by atoms with Crippen LogP contribution in [-0.2, 0) is 4.79 Å². The maximum Gasteiger partial charge on any atom is 0.240 e. The van der Waals surface area contributed by atoms with E-state index in [9.17, 15) is 4.79 Å². The van der Waals surface area contributed by atoms with Gasteiger partial charge in [0.25, 0.3) is 0 Å². The predicted octanol–water partition coefficient (Wildman–Crippen LogP) is 4.40. The lowest BCUT2D eigenvalue weighted by Crippen LogP contribution is -2.18. The molecule has 24 heavy (non-hydrogen) atoms. The number of amides is 1. The molecule has 0 aliphatic carbocycles. The van der Waals surface area contributed by atoms with Gasteiger partial charge in [-0.25, -0.2) is 5.43 Å². The molecule has 0 unspecified atom stereocenters. The number of unbranched alkanes of at least 4 members (excludes halogenated alkanes) is 6. The monoisotopic (exact) mass is 332 g/mol. The fourth-order valence-corrected chi connectivity index (χ4v) is 2.63. The van der Waals surface area contributed by atoms with Crippen LogP contribution in [0.3, 0.4) is 0 Å². The lowest BCUT2D eigenvalue weighted by Gasteiger charge is -2.04. The molecule has 1 aromatic carbocycles. The summed E-state index contributed by atoms with van der Waals surface area (Å²) in [5.41, 5.74) is 4.30. The summed E-state index contributed by atoms with van der Waals surface area (Å²) in [6.07, 6.45) is 8.95. The third-order valence-electron chi connectivity index (χ3n) is 4.15. The maximum atomic E-state index is 11.8. The molecule has 1 amide bonds. The zero-order valence-electron chi connectivity index (χ0n) is 14.8. The van der Waals surface area contributed by atoms with Crippen molar-refractivity contribution in [3.8, 4) is 11.5 Å². The van der Waals surface area contributed by atoms with Crippen LogP contribution in [0.2, 0.25) is 0 Å². The minimum absolute atomic E-state index is 0.0244. The minimum atomic E-state index is -0.0244. The molecule has 0 radical (unpaired) electrons. The molecule has 5 nitrogen and oxygen atoms in total. The van der Waals surface area contributed by atoms with Crippen molar-refractivity contribution in [3.63, 3.8) is 0 Å². The van der Waals surface area contributed by atoms with E-state index in [1.54, 1.807) is 0 Å². The smallest absolute Gasteiger partial charge is 0.240 e. The van der Waals surface area contributed by atoms with Crippen molar-refractivity contribution in [1.29, 1.82) is 0 Å². The molecule has 1 N–H and O–H groups in total. The molecule has 1 heterocycles. The number of hydrazone groups is 1. The lowest BCUT2D eigenvalue weighted by atomic mass is 10.1. The van der Waals surface area contributed by atoms with Gasteiger partial charge < -0.3 is 9.47 Å². The number of benzene rings is 1. The Balaban J connectivity index is 1.67. The number of hydrogen-bond acceptors (Lipinski definition) is 4. The molecule has 1 aromatic rings. The molecule has 0 saturated heterocycles. The molecule has 2 rings (SSSR count). The molecule has 0 saturated carbocycles. The number of nitrogens with one attached hydrogen (secondary N) is 1. The van der Waals surface area contributed by atoms with Crippen molar-refractivity contribution < 1.29 is 14.3 Å². The Morgan fingerprint density at radius 1 is 1.08 bits per heavy atom. The second kappa shape index (κ2) is 9.96. The van der Waals surface area contributed by atoms with E-state index >= 15 is 0 Å². The molecular weight excluding hydrogens is 304 g/mol. The Labute approximate surface area is 144 Å².